The molecule has 1 aromatic rings. The van der Waals surface area contributed by atoms with E-state index in [1.165, 1.54) is 8.47 Å². The molecule has 0 aliphatic heterocycles. The van der Waals surface area contributed by atoms with Gasteiger partial charge in [-0.25, -0.2) is 0 Å². The van der Waals surface area contributed by atoms with Crippen LogP contribution in [0, 0.1) is 3.57 Å². The Balaban J connectivity index is 2.92. The van der Waals surface area contributed by atoms with E-state index in [-0.39, 0.29) is 5.78 Å². The van der Waals surface area contributed by atoms with Gasteiger partial charge in [0.2, 0.25) is 0 Å². The van der Waals surface area contributed by atoms with E-state index in [1.807, 2.05) is 6.07 Å². The molecular weight excluding hydrogens is 295 g/mol. The van der Waals surface area contributed by atoms with Crippen molar-refractivity contribution in [3.63, 3.8) is 0 Å². The number of Topliss-reactive ketones (excluding diaryl/α,β-unsaturated/α-hetero) is 1. The third-order valence-corrected chi connectivity index (χ3v) is 3.75. The van der Waals surface area contributed by atoms with Gasteiger partial charge < -0.3 is 0 Å². The quantitative estimate of drug-likeness (QED) is 0.630. The smallest absolute Gasteiger partial charge is 0.134 e. The van der Waals surface area contributed by atoms with Gasteiger partial charge in [-0.2, -0.15) is 0 Å². The molecule has 0 unspecified atom stereocenters. The van der Waals surface area contributed by atoms with E-state index in [2.05, 4.69) is 41.0 Å². The van der Waals surface area contributed by atoms with E-state index < -0.39 is 0 Å². The fraction of sp³-hybridized carbons (Fsp3) is 0.300. The Bertz CT molecular complexity index is 323. The first-order chi connectivity index (χ1) is 6.13. The SMILES string of the molecule is CSc1cc(CC(C)=O)ccc1I. The maximum atomic E-state index is 10.9. The largest absolute Gasteiger partial charge is 0.300 e. The molecule has 0 aromatic heterocycles. The summed E-state index contributed by atoms with van der Waals surface area (Å²) in [7, 11) is 0. The number of carbonyl (C=O) groups is 1. The maximum Gasteiger partial charge on any atom is 0.134 e. The summed E-state index contributed by atoms with van der Waals surface area (Å²) in [5, 5.41) is 0. The van der Waals surface area contributed by atoms with Gasteiger partial charge in [0, 0.05) is 14.9 Å². The fourth-order valence-electron chi connectivity index (χ4n) is 1.10. The lowest BCUT2D eigenvalue weighted by Crippen LogP contribution is -1.96. The molecule has 0 amide bonds. The van der Waals surface area contributed by atoms with Crippen molar-refractivity contribution in [3.05, 3.63) is 27.3 Å². The highest BCUT2D eigenvalue weighted by Gasteiger charge is 2.02. The van der Waals surface area contributed by atoms with Crippen LogP contribution in [0.4, 0.5) is 0 Å². The molecule has 0 N–H and O–H groups in total. The Morgan fingerprint density at radius 1 is 1.54 bits per heavy atom. The zero-order valence-electron chi connectivity index (χ0n) is 7.63. The summed E-state index contributed by atoms with van der Waals surface area (Å²) in [5.41, 5.74) is 1.11. The molecule has 1 rings (SSSR count). The molecule has 70 valence electrons. The molecule has 0 bridgehead atoms. The second-order valence-electron chi connectivity index (χ2n) is 2.85. The zero-order chi connectivity index (χ0) is 9.84. The molecule has 0 radical (unpaired) electrons. The number of hydrogen-bond acceptors (Lipinski definition) is 2. The first-order valence-electron chi connectivity index (χ1n) is 3.95. The van der Waals surface area contributed by atoms with Crippen molar-refractivity contribution in [1.82, 2.24) is 0 Å². The van der Waals surface area contributed by atoms with Crippen LogP contribution in [-0.2, 0) is 11.2 Å². The highest BCUT2D eigenvalue weighted by atomic mass is 127. The van der Waals surface area contributed by atoms with Crippen LogP contribution in [-0.4, -0.2) is 12.0 Å². The molecule has 0 heterocycles. The molecule has 0 saturated carbocycles. The Labute approximate surface area is 96.4 Å². The summed E-state index contributed by atoms with van der Waals surface area (Å²) in [6, 6.07) is 6.17. The average molecular weight is 306 g/mol. The molecule has 1 aromatic carbocycles. The van der Waals surface area contributed by atoms with Gasteiger partial charge in [-0.1, -0.05) is 6.07 Å². The number of ketones is 1. The van der Waals surface area contributed by atoms with E-state index in [9.17, 15) is 4.79 Å². The van der Waals surface area contributed by atoms with Gasteiger partial charge >= 0.3 is 0 Å². The normalized spacial score (nSPS) is 10.1. The highest BCUT2D eigenvalue weighted by molar-refractivity contribution is 14.1. The summed E-state index contributed by atoms with van der Waals surface area (Å²) in [4.78, 5) is 12.1. The highest BCUT2D eigenvalue weighted by Crippen LogP contribution is 2.23. The number of hydrogen-bond donors (Lipinski definition) is 0. The molecule has 0 spiro atoms. The summed E-state index contributed by atoms with van der Waals surface area (Å²) in [5.74, 6) is 0.216. The number of thioether (sulfide) groups is 1. The average Bonchev–Trinajstić information content (AvgIpc) is 2.07. The van der Waals surface area contributed by atoms with Gasteiger partial charge in [0.05, 0.1) is 0 Å². The minimum Gasteiger partial charge on any atom is -0.300 e. The van der Waals surface area contributed by atoms with E-state index in [0.29, 0.717) is 6.42 Å². The van der Waals surface area contributed by atoms with E-state index in [4.69, 9.17) is 0 Å². The van der Waals surface area contributed by atoms with Crippen molar-refractivity contribution in [2.24, 2.45) is 0 Å². The first kappa shape index (κ1) is 11.0. The molecule has 0 aliphatic rings. The molecule has 13 heavy (non-hydrogen) atoms. The van der Waals surface area contributed by atoms with Crippen molar-refractivity contribution in [2.45, 2.75) is 18.2 Å². The van der Waals surface area contributed by atoms with Gasteiger partial charge in [0.25, 0.3) is 0 Å². The van der Waals surface area contributed by atoms with Crippen molar-refractivity contribution in [2.75, 3.05) is 6.26 Å². The van der Waals surface area contributed by atoms with Crippen LogP contribution < -0.4 is 0 Å². The molecule has 0 aliphatic carbocycles. The molecule has 0 atom stereocenters. The van der Waals surface area contributed by atoms with Gasteiger partial charge in [-0.05, 0) is 53.5 Å². The van der Waals surface area contributed by atoms with Gasteiger partial charge in [0.1, 0.15) is 5.78 Å². The van der Waals surface area contributed by atoms with Crippen LogP contribution in [0.2, 0.25) is 0 Å². The summed E-state index contributed by atoms with van der Waals surface area (Å²) in [6.45, 7) is 1.62. The summed E-state index contributed by atoms with van der Waals surface area (Å²) >= 11 is 4.02. The van der Waals surface area contributed by atoms with Gasteiger partial charge in [0.15, 0.2) is 0 Å². The van der Waals surface area contributed by atoms with Crippen molar-refractivity contribution in [3.8, 4) is 0 Å². The molecule has 1 nitrogen and oxygen atoms in total. The van der Waals surface area contributed by atoms with Gasteiger partial charge in [-0.15, -0.1) is 11.8 Å². The van der Waals surface area contributed by atoms with E-state index >= 15 is 0 Å². The fourth-order valence-corrected chi connectivity index (χ4v) is 2.63. The lowest BCUT2D eigenvalue weighted by molar-refractivity contribution is -0.116. The third-order valence-electron chi connectivity index (χ3n) is 1.67. The molecular formula is C10H11IOS. The monoisotopic (exact) mass is 306 g/mol. The maximum absolute atomic E-state index is 10.9. The number of rotatable bonds is 3. The lowest BCUT2D eigenvalue weighted by Gasteiger charge is -2.03. The van der Waals surface area contributed by atoms with Crippen molar-refractivity contribution >= 4 is 40.1 Å². The second kappa shape index (κ2) is 5.00. The summed E-state index contributed by atoms with van der Waals surface area (Å²) in [6.07, 6.45) is 2.60. The zero-order valence-corrected chi connectivity index (χ0v) is 10.6. The van der Waals surface area contributed by atoms with Crippen LogP contribution in [0.15, 0.2) is 23.1 Å². The topological polar surface area (TPSA) is 17.1 Å². The van der Waals surface area contributed by atoms with E-state index in [0.717, 1.165) is 5.56 Å². The van der Waals surface area contributed by atoms with Crippen LogP contribution in [0.25, 0.3) is 0 Å². The van der Waals surface area contributed by atoms with Crippen molar-refractivity contribution < 1.29 is 4.79 Å². The van der Waals surface area contributed by atoms with Crippen LogP contribution in [0.1, 0.15) is 12.5 Å². The number of halogens is 1. The minimum absolute atomic E-state index is 0.216. The molecule has 0 saturated heterocycles. The molecule has 0 fully saturated rings. The standard InChI is InChI=1S/C10H11IOS/c1-7(12)5-8-3-4-9(11)10(6-8)13-2/h3-4,6H,5H2,1-2H3. The third kappa shape index (κ3) is 3.31. The molecule has 3 heteroatoms. The van der Waals surface area contributed by atoms with Crippen LogP contribution in [0.5, 0.6) is 0 Å². The Morgan fingerprint density at radius 3 is 2.77 bits per heavy atom. The number of carbonyl (C=O) groups excluding carboxylic acids is 1. The van der Waals surface area contributed by atoms with Crippen LogP contribution in [0.3, 0.4) is 0 Å². The Morgan fingerprint density at radius 2 is 2.23 bits per heavy atom. The first-order valence-corrected chi connectivity index (χ1v) is 6.25. The predicted molar refractivity (Wildman–Crippen MR) is 65.3 cm³/mol. The van der Waals surface area contributed by atoms with Crippen molar-refractivity contribution in [1.29, 1.82) is 0 Å². The summed E-state index contributed by atoms with van der Waals surface area (Å²) < 4.78 is 1.25. The Kier molecular flexibility index (Phi) is 4.25. The second-order valence-corrected chi connectivity index (χ2v) is 4.86. The van der Waals surface area contributed by atoms with Gasteiger partial charge in [-0.3, -0.25) is 4.79 Å². The lowest BCUT2D eigenvalue weighted by atomic mass is 10.1. The minimum atomic E-state index is 0.216. The Hall–Kier alpha value is -0.0300. The number of benzene rings is 1. The van der Waals surface area contributed by atoms with Crippen LogP contribution >= 0.6 is 34.4 Å². The predicted octanol–water partition coefficient (Wildman–Crippen LogP) is 3.14. The van der Waals surface area contributed by atoms with E-state index in [1.54, 1.807) is 18.7 Å².